The number of nitrogens with one attached hydrogen (secondary N) is 1. The molecule has 0 atom stereocenters. The molecule has 0 aliphatic heterocycles. The molecule has 3 aromatic rings. The molecule has 0 fully saturated rings. The van der Waals surface area contributed by atoms with E-state index >= 15 is 0 Å². The third-order valence-electron chi connectivity index (χ3n) is 4.03. The van der Waals surface area contributed by atoms with Gasteiger partial charge in [0.2, 0.25) is 5.95 Å². The summed E-state index contributed by atoms with van der Waals surface area (Å²) in [5.41, 5.74) is 2.68. The molecule has 1 amide bonds. The molecule has 3 rings (SSSR count). The van der Waals surface area contributed by atoms with Crippen molar-refractivity contribution in [2.24, 2.45) is 0 Å². The van der Waals surface area contributed by atoms with Gasteiger partial charge >= 0.3 is 0 Å². The normalized spacial score (nSPS) is 10.3. The van der Waals surface area contributed by atoms with Gasteiger partial charge in [0.1, 0.15) is 11.4 Å². The highest BCUT2D eigenvalue weighted by Crippen LogP contribution is 2.21. The fourth-order valence-corrected chi connectivity index (χ4v) is 2.75. The summed E-state index contributed by atoms with van der Waals surface area (Å²) < 4.78 is 5.23. The first-order valence-electron chi connectivity index (χ1n) is 8.74. The molecule has 6 heteroatoms. The number of nitrogens with zero attached hydrogens (tertiary/aromatic N) is 3. The number of aryl methyl sites for hydroxylation is 1. The van der Waals surface area contributed by atoms with Gasteiger partial charge in [0, 0.05) is 29.7 Å². The second-order valence-corrected chi connectivity index (χ2v) is 5.96. The Morgan fingerprint density at radius 3 is 2.56 bits per heavy atom. The van der Waals surface area contributed by atoms with Crippen molar-refractivity contribution in [2.75, 3.05) is 23.9 Å². The summed E-state index contributed by atoms with van der Waals surface area (Å²) in [4.78, 5) is 23.5. The van der Waals surface area contributed by atoms with Crippen LogP contribution in [-0.4, -0.2) is 29.5 Å². The van der Waals surface area contributed by atoms with Crippen molar-refractivity contribution in [3.8, 4) is 5.75 Å². The molecular weight excluding hydrogens is 340 g/mol. The number of ether oxygens (including phenoxy) is 1. The summed E-state index contributed by atoms with van der Waals surface area (Å²) in [7, 11) is 1.61. The van der Waals surface area contributed by atoms with Gasteiger partial charge in [-0.3, -0.25) is 4.79 Å². The van der Waals surface area contributed by atoms with Crippen LogP contribution in [0.15, 0.2) is 60.7 Å². The van der Waals surface area contributed by atoms with Crippen LogP contribution in [-0.2, 0) is 0 Å². The van der Waals surface area contributed by atoms with Crippen molar-refractivity contribution in [2.45, 2.75) is 13.8 Å². The van der Waals surface area contributed by atoms with Crippen molar-refractivity contribution in [1.82, 2.24) is 9.97 Å². The highest BCUT2D eigenvalue weighted by atomic mass is 16.5. The maximum absolute atomic E-state index is 13.0. The highest BCUT2D eigenvalue weighted by Gasteiger charge is 2.19. The Morgan fingerprint density at radius 2 is 1.85 bits per heavy atom. The van der Waals surface area contributed by atoms with Crippen molar-refractivity contribution in [1.29, 1.82) is 0 Å². The largest absolute Gasteiger partial charge is 0.497 e. The van der Waals surface area contributed by atoms with Gasteiger partial charge in [0.25, 0.3) is 5.91 Å². The van der Waals surface area contributed by atoms with Crippen molar-refractivity contribution < 1.29 is 9.53 Å². The molecule has 0 spiro atoms. The highest BCUT2D eigenvalue weighted by molar-refractivity contribution is 6.05. The lowest BCUT2D eigenvalue weighted by Gasteiger charge is -2.21. The first-order valence-corrected chi connectivity index (χ1v) is 8.74. The van der Waals surface area contributed by atoms with Gasteiger partial charge in [0.05, 0.1) is 7.11 Å². The summed E-state index contributed by atoms with van der Waals surface area (Å²) in [5.74, 6) is 0.934. The minimum Gasteiger partial charge on any atom is -0.497 e. The molecule has 0 radical (unpaired) electrons. The van der Waals surface area contributed by atoms with E-state index in [1.165, 1.54) is 0 Å². The zero-order valence-corrected chi connectivity index (χ0v) is 15.6. The number of hydrogen-bond acceptors (Lipinski definition) is 5. The number of para-hydroxylation sites is 1. The molecule has 0 aliphatic rings. The minimum atomic E-state index is -0.164. The monoisotopic (exact) mass is 362 g/mol. The molecular formula is C21H22N4O2. The van der Waals surface area contributed by atoms with E-state index in [-0.39, 0.29) is 5.91 Å². The van der Waals surface area contributed by atoms with Crippen LogP contribution < -0.4 is 15.0 Å². The van der Waals surface area contributed by atoms with Crippen LogP contribution in [0.1, 0.15) is 23.1 Å². The Kier molecular flexibility index (Phi) is 5.66. The average Bonchev–Trinajstić information content (AvgIpc) is 2.69. The zero-order chi connectivity index (χ0) is 19.2. The fraction of sp³-hybridized carbons (Fsp3) is 0.190. The molecule has 0 saturated carbocycles. The van der Waals surface area contributed by atoms with Gasteiger partial charge in [-0.1, -0.05) is 24.3 Å². The summed E-state index contributed by atoms with van der Waals surface area (Å²) in [6, 6.07) is 18.7. The van der Waals surface area contributed by atoms with E-state index in [1.54, 1.807) is 18.1 Å². The van der Waals surface area contributed by atoms with Gasteiger partial charge < -0.3 is 15.0 Å². The van der Waals surface area contributed by atoms with Crippen LogP contribution in [0.5, 0.6) is 5.75 Å². The van der Waals surface area contributed by atoms with Crippen LogP contribution in [0, 0.1) is 6.92 Å². The van der Waals surface area contributed by atoms with E-state index < -0.39 is 0 Å². The minimum absolute atomic E-state index is 0.164. The Hall–Kier alpha value is -3.41. The number of rotatable bonds is 6. The van der Waals surface area contributed by atoms with Crippen LogP contribution in [0.2, 0.25) is 0 Å². The quantitative estimate of drug-likeness (QED) is 0.712. The third-order valence-corrected chi connectivity index (χ3v) is 4.03. The van der Waals surface area contributed by atoms with Gasteiger partial charge in [0.15, 0.2) is 0 Å². The van der Waals surface area contributed by atoms with Gasteiger partial charge in [-0.05, 0) is 44.2 Å². The second-order valence-electron chi connectivity index (χ2n) is 5.96. The second kappa shape index (κ2) is 8.31. The van der Waals surface area contributed by atoms with Gasteiger partial charge in [-0.15, -0.1) is 0 Å². The molecule has 138 valence electrons. The summed E-state index contributed by atoms with van der Waals surface area (Å²) in [5, 5.41) is 3.14. The predicted octanol–water partition coefficient (Wildman–Crippen LogP) is 4.20. The van der Waals surface area contributed by atoms with E-state index in [9.17, 15) is 4.79 Å². The van der Waals surface area contributed by atoms with Crippen molar-refractivity contribution >= 4 is 23.2 Å². The van der Waals surface area contributed by atoms with Crippen molar-refractivity contribution in [3.05, 3.63) is 72.1 Å². The van der Waals surface area contributed by atoms with E-state index in [0.29, 0.717) is 23.9 Å². The lowest BCUT2D eigenvalue weighted by molar-refractivity contribution is 0.0983. The molecule has 0 bridgehead atoms. The Balaban J connectivity index is 1.89. The molecule has 27 heavy (non-hydrogen) atoms. The number of carbonyl (C=O) groups is 1. The first-order chi connectivity index (χ1) is 13.1. The molecule has 0 saturated heterocycles. The number of methoxy groups -OCH3 is 1. The summed E-state index contributed by atoms with van der Waals surface area (Å²) in [6.07, 6.45) is 0. The Bertz CT molecular complexity index is 928. The maximum atomic E-state index is 13.0. The Morgan fingerprint density at radius 1 is 1.07 bits per heavy atom. The molecule has 1 N–H and O–H groups in total. The lowest BCUT2D eigenvalue weighted by atomic mass is 10.2. The van der Waals surface area contributed by atoms with E-state index in [2.05, 4.69) is 15.3 Å². The predicted molar refractivity (Wildman–Crippen MR) is 107 cm³/mol. The molecule has 1 aromatic heterocycles. The zero-order valence-electron chi connectivity index (χ0n) is 15.6. The molecule has 0 aliphatic carbocycles. The van der Waals surface area contributed by atoms with Gasteiger partial charge in [-0.25, -0.2) is 9.97 Å². The number of anilines is 3. The third kappa shape index (κ3) is 4.41. The van der Waals surface area contributed by atoms with Crippen LogP contribution >= 0.6 is 0 Å². The van der Waals surface area contributed by atoms with Crippen LogP contribution in [0.3, 0.4) is 0 Å². The molecule has 0 unspecified atom stereocenters. The summed E-state index contributed by atoms with van der Waals surface area (Å²) >= 11 is 0. The number of aromatic nitrogens is 2. The fourth-order valence-electron chi connectivity index (χ4n) is 2.75. The topological polar surface area (TPSA) is 67.4 Å². The standard InChI is InChI=1S/C21H22N4O2/c1-4-25(17-10-6-5-7-11-17)20(26)19-13-15(2)22-21(24-19)23-16-9-8-12-18(14-16)27-3/h5-14H,4H2,1-3H3,(H,22,23,24). The number of carbonyl (C=O) groups excluding carboxylic acids is 1. The van der Waals surface area contributed by atoms with Crippen molar-refractivity contribution in [3.63, 3.8) is 0 Å². The number of benzene rings is 2. The molecule has 1 heterocycles. The van der Waals surface area contributed by atoms with E-state index in [0.717, 1.165) is 17.1 Å². The van der Waals surface area contributed by atoms with Crippen LogP contribution in [0.4, 0.5) is 17.3 Å². The maximum Gasteiger partial charge on any atom is 0.277 e. The molecule has 6 nitrogen and oxygen atoms in total. The number of hydrogen-bond donors (Lipinski definition) is 1. The van der Waals surface area contributed by atoms with E-state index in [4.69, 9.17) is 4.74 Å². The summed E-state index contributed by atoms with van der Waals surface area (Å²) in [6.45, 7) is 4.33. The lowest BCUT2D eigenvalue weighted by Crippen LogP contribution is -2.31. The van der Waals surface area contributed by atoms with Gasteiger partial charge in [-0.2, -0.15) is 0 Å². The smallest absolute Gasteiger partial charge is 0.277 e. The number of amides is 1. The van der Waals surface area contributed by atoms with Crippen LogP contribution in [0.25, 0.3) is 0 Å². The van der Waals surface area contributed by atoms with E-state index in [1.807, 2.05) is 68.4 Å². The average molecular weight is 362 g/mol. The molecule has 2 aromatic carbocycles. The Labute approximate surface area is 158 Å². The first kappa shape index (κ1) is 18.4. The SMILES string of the molecule is CCN(C(=O)c1cc(C)nc(Nc2cccc(OC)c2)n1)c1ccccc1.